The van der Waals surface area contributed by atoms with E-state index in [2.05, 4.69) is 4.98 Å². The van der Waals surface area contributed by atoms with Gasteiger partial charge in [-0.25, -0.2) is 0 Å². The lowest BCUT2D eigenvalue weighted by Crippen LogP contribution is -1.85. The molecule has 2 rings (SSSR count). The second kappa shape index (κ2) is 3.23. The molecule has 0 spiro atoms. The van der Waals surface area contributed by atoms with E-state index >= 15 is 0 Å². The minimum atomic E-state index is 0.698. The molecule has 3 heteroatoms. The molecule has 0 N–H and O–H groups in total. The van der Waals surface area contributed by atoms with Gasteiger partial charge in [0.25, 0.3) is 0 Å². The van der Waals surface area contributed by atoms with E-state index < -0.39 is 0 Å². The Morgan fingerprint density at radius 2 is 2.08 bits per heavy atom. The lowest BCUT2D eigenvalue weighted by Gasteiger charge is -2.05. The molecule has 0 aliphatic carbocycles. The molecule has 0 radical (unpaired) electrons. The van der Waals surface area contributed by atoms with Crippen LogP contribution in [0.4, 0.5) is 0 Å². The van der Waals surface area contributed by atoms with Crippen LogP contribution in [-0.4, -0.2) is 12.1 Å². The summed E-state index contributed by atoms with van der Waals surface area (Å²) >= 11 is 5.99. The zero-order valence-electron chi connectivity index (χ0n) is 7.12. The Balaban J connectivity index is 2.84. The summed E-state index contributed by atoms with van der Waals surface area (Å²) in [6, 6.07) is 5.55. The number of ether oxygens (including phenoxy) is 1. The van der Waals surface area contributed by atoms with Crippen LogP contribution in [0.3, 0.4) is 0 Å². The van der Waals surface area contributed by atoms with Crippen LogP contribution in [0.5, 0.6) is 5.75 Å². The molecule has 0 fully saturated rings. The molecule has 1 aromatic carbocycles. The molecule has 0 saturated heterocycles. The smallest absolute Gasteiger partial charge is 0.126 e. The fourth-order valence-corrected chi connectivity index (χ4v) is 1.52. The maximum atomic E-state index is 5.99. The molecule has 2 aromatic rings. The van der Waals surface area contributed by atoms with Crippen LogP contribution in [0.25, 0.3) is 10.8 Å². The van der Waals surface area contributed by atoms with E-state index in [1.54, 1.807) is 19.5 Å². The average Bonchev–Trinajstić information content (AvgIpc) is 2.19. The summed E-state index contributed by atoms with van der Waals surface area (Å²) in [6.07, 6.45) is 3.46. The van der Waals surface area contributed by atoms with Crippen LogP contribution < -0.4 is 4.74 Å². The number of hydrogen-bond donors (Lipinski definition) is 0. The van der Waals surface area contributed by atoms with Crippen LogP contribution in [0.1, 0.15) is 0 Å². The Bertz CT molecular complexity index is 442. The number of fused-ring (bicyclic) bond motifs is 1. The molecular formula is C10H8ClNO. The number of pyridine rings is 1. The number of benzene rings is 1. The van der Waals surface area contributed by atoms with Gasteiger partial charge in [0.2, 0.25) is 0 Å². The molecule has 2 nitrogen and oxygen atoms in total. The molecule has 0 unspecified atom stereocenters. The van der Waals surface area contributed by atoms with Crippen molar-refractivity contribution in [2.24, 2.45) is 0 Å². The quantitative estimate of drug-likeness (QED) is 0.695. The summed E-state index contributed by atoms with van der Waals surface area (Å²) in [5.74, 6) is 0.821. The highest BCUT2D eigenvalue weighted by Crippen LogP contribution is 2.29. The van der Waals surface area contributed by atoms with Crippen molar-refractivity contribution in [2.45, 2.75) is 0 Å². The SMILES string of the molecule is COc1ccc(Cl)c2cnccc12. The monoisotopic (exact) mass is 193 g/mol. The fourth-order valence-electron chi connectivity index (χ4n) is 1.31. The Morgan fingerprint density at radius 1 is 1.23 bits per heavy atom. The predicted molar refractivity (Wildman–Crippen MR) is 53.3 cm³/mol. The first-order valence-corrected chi connectivity index (χ1v) is 4.27. The zero-order valence-corrected chi connectivity index (χ0v) is 7.88. The third-order valence-electron chi connectivity index (χ3n) is 1.94. The van der Waals surface area contributed by atoms with Crippen molar-refractivity contribution in [3.05, 3.63) is 35.6 Å². The maximum absolute atomic E-state index is 5.99. The van der Waals surface area contributed by atoms with E-state index in [9.17, 15) is 0 Å². The zero-order chi connectivity index (χ0) is 9.26. The first-order valence-electron chi connectivity index (χ1n) is 3.89. The summed E-state index contributed by atoms with van der Waals surface area (Å²) in [5.41, 5.74) is 0. The number of nitrogens with zero attached hydrogens (tertiary/aromatic N) is 1. The number of aromatic nitrogens is 1. The largest absolute Gasteiger partial charge is 0.496 e. The lowest BCUT2D eigenvalue weighted by atomic mass is 10.1. The number of rotatable bonds is 1. The third kappa shape index (κ3) is 1.33. The molecule has 0 aliphatic heterocycles. The second-order valence-electron chi connectivity index (χ2n) is 2.67. The van der Waals surface area contributed by atoms with Crippen molar-refractivity contribution in [3.8, 4) is 5.75 Å². The van der Waals surface area contributed by atoms with Crippen molar-refractivity contribution < 1.29 is 4.74 Å². The van der Waals surface area contributed by atoms with Crippen molar-refractivity contribution in [1.29, 1.82) is 0 Å². The molecule has 1 heterocycles. The molecule has 0 saturated carbocycles. The molecule has 1 aromatic heterocycles. The molecule has 0 aliphatic rings. The molecule has 0 amide bonds. The van der Waals surface area contributed by atoms with Crippen LogP contribution in [0.15, 0.2) is 30.6 Å². The summed E-state index contributed by atoms with van der Waals surface area (Å²) in [5, 5.41) is 2.61. The number of methoxy groups -OCH3 is 1. The highest BCUT2D eigenvalue weighted by molar-refractivity contribution is 6.35. The normalized spacial score (nSPS) is 10.3. The van der Waals surface area contributed by atoms with Gasteiger partial charge in [0.1, 0.15) is 5.75 Å². The molecule has 66 valence electrons. The summed E-state index contributed by atoms with van der Waals surface area (Å²) in [6.45, 7) is 0. The van der Waals surface area contributed by atoms with Gasteiger partial charge < -0.3 is 4.74 Å². The van der Waals surface area contributed by atoms with Gasteiger partial charge in [-0.1, -0.05) is 11.6 Å². The first-order chi connectivity index (χ1) is 6.33. The third-order valence-corrected chi connectivity index (χ3v) is 2.27. The van der Waals surface area contributed by atoms with Crippen LogP contribution in [0, 0.1) is 0 Å². The summed E-state index contributed by atoms with van der Waals surface area (Å²) in [7, 11) is 1.64. The Labute approximate surface area is 81.1 Å². The number of halogens is 1. The van der Waals surface area contributed by atoms with Crippen LogP contribution in [0.2, 0.25) is 5.02 Å². The topological polar surface area (TPSA) is 22.1 Å². The standard InChI is InChI=1S/C10H8ClNO/c1-13-10-3-2-9(11)8-6-12-5-4-7(8)10/h2-6H,1H3. The van der Waals surface area contributed by atoms with E-state index in [1.807, 2.05) is 18.2 Å². The van der Waals surface area contributed by atoms with E-state index in [-0.39, 0.29) is 0 Å². The second-order valence-corrected chi connectivity index (χ2v) is 3.08. The predicted octanol–water partition coefficient (Wildman–Crippen LogP) is 2.90. The van der Waals surface area contributed by atoms with E-state index in [4.69, 9.17) is 16.3 Å². The van der Waals surface area contributed by atoms with E-state index in [0.717, 1.165) is 16.5 Å². The van der Waals surface area contributed by atoms with Gasteiger partial charge in [-0.2, -0.15) is 0 Å². The lowest BCUT2D eigenvalue weighted by molar-refractivity contribution is 0.420. The molecule has 0 bridgehead atoms. The maximum Gasteiger partial charge on any atom is 0.126 e. The Hall–Kier alpha value is -1.28. The minimum absolute atomic E-state index is 0.698. The summed E-state index contributed by atoms with van der Waals surface area (Å²) < 4.78 is 5.20. The van der Waals surface area contributed by atoms with Gasteiger partial charge in [0, 0.05) is 23.2 Å². The highest BCUT2D eigenvalue weighted by Gasteiger charge is 2.03. The van der Waals surface area contributed by atoms with Gasteiger partial charge in [-0.05, 0) is 18.2 Å². The molecule has 13 heavy (non-hydrogen) atoms. The molecular weight excluding hydrogens is 186 g/mol. The first kappa shape index (κ1) is 8.32. The van der Waals surface area contributed by atoms with Crippen molar-refractivity contribution in [3.63, 3.8) is 0 Å². The van der Waals surface area contributed by atoms with Gasteiger partial charge >= 0.3 is 0 Å². The van der Waals surface area contributed by atoms with E-state index in [1.165, 1.54) is 0 Å². The van der Waals surface area contributed by atoms with Gasteiger partial charge in [0.15, 0.2) is 0 Å². The van der Waals surface area contributed by atoms with Crippen molar-refractivity contribution in [1.82, 2.24) is 4.98 Å². The fraction of sp³-hybridized carbons (Fsp3) is 0.100. The van der Waals surface area contributed by atoms with Gasteiger partial charge in [-0.3, -0.25) is 4.98 Å². The van der Waals surface area contributed by atoms with Crippen molar-refractivity contribution in [2.75, 3.05) is 7.11 Å². The number of hydrogen-bond acceptors (Lipinski definition) is 2. The molecule has 0 atom stereocenters. The van der Waals surface area contributed by atoms with Crippen molar-refractivity contribution >= 4 is 22.4 Å². The van der Waals surface area contributed by atoms with E-state index in [0.29, 0.717) is 5.02 Å². The Morgan fingerprint density at radius 3 is 2.85 bits per heavy atom. The minimum Gasteiger partial charge on any atom is -0.496 e. The summed E-state index contributed by atoms with van der Waals surface area (Å²) in [4.78, 5) is 4.01. The van der Waals surface area contributed by atoms with Gasteiger partial charge in [0.05, 0.1) is 12.1 Å². The van der Waals surface area contributed by atoms with Crippen LogP contribution >= 0.6 is 11.6 Å². The highest BCUT2D eigenvalue weighted by atomic mass is 35.5. The van der Waals surface area contributed by atoms with Gasteiger partial charge in [-0.15, -0.1) is 0 Å². The Kier molecular flexibility index (Phi) is 2.07. The average molecular weight is 194 g/mol. The van der Waals surface area contributed by atoms with Crippen LogP contribution in [-0.2, 0) is 0 Å².